The van der Waals surface area contributed by atoms with Crippen LogP contribution in [0.25, 0.3) is 0 Å². The summed E-state index contributed by atoms with van der Waals surface area (Å²) in [5, 5.41) is 4.07. The molecule has 2 saturated carbocycles. The normalized spacial score (nSPS) is 38.4. The number of hydrogen-bond donors (Lipinski definition) is 1. The van der Waals surface area contributed by atoms with Crippen molar-refractivity contribution in [1.29, 1.82) is 0 Å². The van der Waals surface area contributed by atoms with Gasteiger partial charge in [0.2, 0.25) is 0 Å². The highest BCUT2D eigenvalue weighted by Gasteiger charge is 2.59. The van der Waals surface area contributed by atoms with Gasteiger partial charge in [-0.1, -0.05) is 34.6 Å². The smallest absolute Gasteiger partial charge is 0.0220 e. The lowest BCUT2D eigenvalue weighted by Crippen LogP contribution is -2.57. The third-order valence-corrected chi connectivity index (χ3v) is 6.02. The van der Waals surface area contributed by atoms with Gasteiger partial charge in [-0.05, 0) is 56.0 Å². The van der Waals surface area contributed by atoms with Crippen molar-refractivity contribution in [1.82, 2.24) is 10.2 Å². The van der Waals surface area contributed by atoms with Gasteiger partial charge < -0.3 is 10.2 Å². The zero-order chi connectivity index (χ0) is 14.4. The van der Waals surface area contributed by atoms with Crippen LogP contribution in [0.1, 0.15) is 53.9 Å². The Morgan fingerprint density at radius 3 is 2.26 bits per heavy atom. The van der Waals surface area contributed by atoms with Crippen LogP contribution in [0.4, 0.5) is 0 Å². The molecule has 0 aromatic rings. The van der Waals surface area contributed by atoms with E-state index >= 15 is 0 Å². The molecule has 1 N–H and O–H groups in total. The molecule has 2 aliphatic rings. The molecule has 2 nitrogen and oxygen atoms in total. The summed E-state index contributed by atoms with van der Waals surface area (Å²) < 4.78 is 0. The molecule has 0 heterocycles. The van der Waals surface area contributed by atoms with E-state index in [0.717, 1.165) is 12.5 Å². The van der Waals surface area contributed by atoms with Crippen LogP contribution in [0.2, 0.25) is 0 Å². The first-order chi connectivity index (χ1) is 8.67. The monoisotopic (exact) mass is 266 g/mol. The second-order valence-corrected chi connectivity index (χ2v) is 8.63. The van der Waals surface area contributed by atoms with Crippen molar-refractivity contribution < 1.29 is 0 Å². The molecule has 0 aromatic carbocycles. The van der Waals surface area contributed by atoms with Crippen LogP contribution in [0.3, 0.4) is 0 Å². The summed E-state index contributed by atoms with van der Waals surface area (Å²) in [6.07, 6.45) is 4.30. The lowest BCUT2D eigenvalue weighted by Gasteiger charge is -2.46. The predicted octanol–water partition coefficient (Wildman–Crippen LogP) is 3.38. The van der Waals surface area contributed by atoms with Gasteiger partial charge in [0, 0.05) is 18.6 Å². The largest absolute Gasteiger partial charge is 0.309 e. The van der Waals surface area contributed by atoms with E-state index in [9.17, 15) is 0 Å². The van der Waals surface area contributed by atoms with E-state index in [4.69, 9.17) is 0 Å². The molecule has 112 valence electrons. The molecule has 2 heteroatoms. The zero-order valence-corrected chi connectivity index (χ0v) is 14.1. The van der Waals surface area contributed by atoms with Gasteiger partial charge in [0.25, 0.3) is 0 Å². The minimum atomic E-state index is 0.465. The van der Waals surface area contributed by atoms with Crippen LogP contribution in [0.5, 0.6) is 0 Å². The molecule has 0 aromatic heterocycles. The third kappa shape index (κ3) is 2.71. The molecule has 2 bridgehead atoms. The molecule has 2 fully saturated rings. The molecule has 19 heavy (non-hydrogen) atoms. The number of nitrogens with one attached hydrogen (secondary N) is 1. The average molecular weight is 266 g/mol. The van der Waals surface area contributed by atoms with Gasteiger partial charge in [-0.3, -0.25) is 0 Å². The van der Waals surface area contributed by atoms with Gasteiger partial charge in [0.15, 0.2) is 0 Å². The Labute approximate surface area is 120 Å². The van der Waals surface area contributed by atoms with Crippen molar-refractivity contribution >= 4 is 0 Å². The predicted molar refractivity (Wildman–Crippen MR) is 83.3 cm³/mol. The van der Waals surface area contributed by atoms with Crippen LogP contribution >= 0.6 is 0 Å². The van der Waals surface area contributed by atoms with E-state index in [1.54, 1.807) is 0 Å². The Bertz CT molecular complexity index is 316. The highest BCUT2D eigenvalue weighted by Crippen LogP contribution is 2.62. The van der Waals surface area contributed by atoms with Crippen molar-refractivity contribution in [3.63, 3.8) is 0 Å². The quantitative estimate of drug-likeness (QED) is 0.820. The fourth-order valence-corrected chi connectivity index (χ4v) is 4.78. The summed E-state index contributed by atoms with van der Waals surface area (Å²) in [4.78, 5) is 2.32. The SMILES string of the molecule is CC(C)C(CN(C)C)NC1C2(C)CCC(C2)C1(C)C. The van der Waals surface area contributed by atoms with Gasteiger partial charge in [0.1, 0.15) is 0 Å². The minimum Gasteiger partial charge on any atom is -0.309 e. The summed E-state index contributed by atoms with van der Waals surface area (Å²) in [6.45, 7) is 13.4. The second-order valence-electron chi connectivity index (χ2n) is 8.63. The fourth-order valence-electron chi connectivity index (χ4n) is 4.78. The minimum absolute atomic E-state index is 0.465. The van der Waals surface area contributed by atoms with Gasteiger partial charge in [-0.2, -0.15) is 0 Å². The Morgan fingerprint density at radius 1 is 1.21 bits per heavy atom. The lowest BCUT2D eigenvalue weighted by atomic mass is 9.68. The number of nitrogens with zero attached hydrogens (tertiary/aromatic N) is 1. The Morgan fingerprint density at radius 2 is 1.84 bits per heavy atom. The average Bonchev–Trinajstić information content (AvgIpc) is 2.73. The van der Waals surface area contributed by atoms with E-state index in [-0.39, 0.29) is 0 Å². The topological polar surface area (TPSA) is 15.3 Å². The van der Waals surface area contributed by atoms with Crippen LogP contribution in [-0.4, -0.2) is 37.6 Å². The Balaban J connectivity index is 2.12. The molecule has 0 saturated heterocycles. The van der Waals surface area contributed by atoms with Crippen molar-refractivity contribution in [3.05, 3.63) is 0 Å². The standard InChI is InChI=1S/C17H34N2/c1-12(2)14(11-19(6)7)18-15-16(3,4)13-8-9-17(15,5)10-13/h12-15,18H,8-11H2,1-7H3. The highest BCUT2D eigenvalue weighted by molar-refractivity contribution is 5.12. The molecule has 2 rings (SSSR count). The molecule has 0 aliphatic heterocycles. The number of likely N-dealkylation sites (N-methyl/N-ethyl adjacent to an activating group) is 1. The van der Waals surface area contributed by atoms with Gasteiger partial charge >= 0.3 is 0 Å². The van der Waals surface area contributed by atoms with Crippen LogP contribution in [0, 0.1) is 22.7 Å². The summed E-state index contributed by atoms with van der Waals surface area (Å²) in [7, 11) is 4.37. The molecule has 0 amide bonds. The zero-order valence-electron chi connectivity index (χ0n) is 14.1. The number of rotatable bonds is 5. The number of hydrogen-bond acceptors (Lipinski definition) is 2. The third-order valence-electron chi connectivity index (χ3n) is 6.02. The maximum Gasteiger partial charge on any atom is 0.0220 e. The van der Waals surface area contributed by atoms with E-state index in [1.807, 2.05) is 0 Å². The molecule has 0 radical (unpaired) electrons. The molecular weight excluding hydrogens is 232 g/mol. The summed E-state index contributed by atoms with van der Waals surface area (Å²) >= 11 is 0. The van der Waals surface area contributed by atoms with E-state index in [2.05, 4.69) is 58.9 Å². The van der Waals surface area contributed by atoms with E-state index < -0.39 is 0 Å². The first kappa shape index (κ1) is 15.3. The van der Waals surface area contributed by atoms with Gasteiger partial charge in [-0.25, -0.2) is 0 Å². The van der Waals surface area contributed by atoms with Crippen LogP contribution in [-0.2, 0) is 0 Å². The van der Waals surface area contributed by atoms with Crippen molar-refractivity contribution in [2.24, 2.45) is 22.7 Å². The van der Waals surface area contributed by atoms with E-state index in [0.29, 0.717) is 28.8 Å². The second kappa shape index (κ2) is 5.04. The first-order valence-corrected chi connectivity index (χ1v) is 8.07. The van der Waals surface area contributed by atoms with Crippen molar-refractivity contribution in [2.45, 2.75) is 66.0 Å². The maximum absolute atomic E-state index is 4.07. The van der Waals surface area contributed by atoms with Crippen LogP contribution < -0.4 is 5.32 Å². The van der Waals surface area contributed by atoms with Gasteiger partial charge in [0.05, 0.1) is 0 Å². The molecule has 0 spiro atoms. The molecular formula is C17H34N2. The molecule has 2 aliphatic carbocycles. The molecule has 4 atom stereocenters. The summed E-state index contributed by atoms with van der Waals surface area (Å²) in [5.41, 5.74) is 1.00. The van der Waals surface area contributed by atoms with Gasteiger partial charge in [-0.15, -0.1) is 0 Å². The summed E-state index contributed by atoms with van der Waals surface area (Å²) in [5.74, 6) is 1.63. The summed E-state index contributed by atoms with van der Waals surface area (Å²) in [6, 6.07) is 1.29. The maximum atomic E-state index is 4.07. The van der Waals surface area contributed by atoms with Crippen LogP contribution in [0.15, 0.2) is 0 Å². The first-order valence-electron chi connectivity index (χ1n) is 8.07. The number of fused-ring (bicyclic) bond motifs is 2. The van der Waals surface area contributed by atoms with E-state index in [1.165, 1.54) is 19.3 Å². The fraction of sp³-hybridized carbons (Fsp3) is 1.00. The highest BCUT2D eigenvalue weighted by atomic mass is 15.1. The van der Waals surface area contributed by atoms with Crippen molar-refractivity contribution in [2.75, 3.05) is 20.6 Å². The molecule has 4 unspecified atom stereocenters. The Kier molecular flexibility index (Phi) is 4.06. The Hall–Kier alpha value is -0.0800. The van der Waals surface area contributed by atoms with Crippen molar-refractivity contribution in [3.8, 4) is 0 Å². The lowest BCUT2D eigenvalue weighted by molar-refractivity contribution is 0.0862.